The first-order valence-corrected chi connectivity index (χ1v) is 11.0. The number of hydrogen-bond donors (Lipinski definition) is 0. The topological polar surface area (TPSA) is 82.2 Å². The third-order valence-corrected chi connectivity index (χ3v) is 9.25. The van der Waals surface area contributed by atoms with Crippen molar-refractivity contribution >= 4 is 17.7 Å². The van der Waals surface area contributed by atoms with Crippen molar-refractivity contribution in [2.75, 3.05) is 7.11 Å². The van der Waals surface area contributed by atoms with Crippen LogP contribution in [0.15, 0.2) is 23.8 Å². The molecule has 0 bridgehead atoms. The summed E-state index contributed by atoms with van der Waals surface area (Å²) in [6, 6.07) is 0. The minimum atomic E-state index is -1.43. The summed E-state index contributed by atoms with van der Waals surface area (Å²) in [7, 11) is 1.30. The van der Waals surface area contributed by atoms with Crippen LogP contribution in [0.25, 0.3) is 0 Å². The molecule has 4 aliphatic carbocycles. The van der Waals surface area contributed by atoms with E-state index in [9.17, 15) is 14.4 Å². The zero-order chi connectivity index (χ0) is 22.6. The Morgan fingerprint density at radius 3 is 2.58 bits per heavy atom. The fourth-order valence-electron chi connectivity index (χ4n) is 8.03. The number of epoxide rings is 1. The van der Waals surface area contributed by atoms with Crippen molar-refractivity contribution in [3.05, 3.63) is 23.8 Å². The van der Waals surface area contributed by atoms with E-state index in [1.807, 2.05) is 26.8 Å². The quantitative estimate of drug-likeness (QED) is 0.493. The van der Waals surface area contributed by atoms with Crippen LogP contribution in [0.4, 0.5) is 4.39 Å². The Bertz CT molecular complexity index is 956. The molecule has 7 heteroatoms. The zero-order valence-electron chi connectivity index (χ0n) is 18.6. The van der Waals surface area contributed by atoms with E-state index < -0.39 is 40.1 Å². The summed E-state index contributed by atoms with van der Waals surface area (Å²) in [5.41, 5.74) is -3.00. The fraction of sp³-hybridized carbons (Fsp3) is 0.708. The van der Waals surface area contributed by atoms with Gasteiger partial charge in [0, 0.05) is 23.7 Å². The first-order valence-electron chi connectivity index (χ1n) is 11.0. The summed E-state index contributed by atoms with van der Waals surface area (Å²) in [5.74, 6) is -1.84. The molecule has 168 valence electrons. The Balaban J connectivity index is 1.64. The summed E-state index contributed by atoms with van der Waals surface area (Å²) < 4.78 is 32.9. The highest BCUT2D eigenvalue weighted by molar-refractivity contribution is 6.01. The molecule has 0 amide bonds. The monoisotopic (exact) mass is 432 g/mol. The molecule has 2 unspecified atom stereocenters. The molecule has 0 N–H and O–H groups in total. The number of carbonyl (C=O) groups excluding carboxylic acids is 3. The third kappa shape index (κ3) is 2.18. The van der Waals surface area contributed by atoms with E-state index in [1.165, 1.54) is 26.2 Å². The third-order valence-electron chi connectivity index (χ3n) is 9.25. The predicted octanol–water partition coefficient (Wildman–Crippen LogP) is 3.09. The first-order chi connectivity index (χ1) is 14.5. The molecule has 31 heavy (non-hydrogen) atoms. The highest BCUT2D eigenvalue weighted by atomic mass is 19.1. The molecule has 6 nitrogen and oxygen atoms in total. The maximum atomic E-state index is 15.5. The Kier molecular flexibility index (Phi) is 4.08. The molecule has 3 saturated carbocycles. The molecule has 0 radical (unpaired) electrons. The van der Waals surface area contributed by atoms with Gasteiger partial charge in [0.25, 0.3) is 0 Å². The first kappa shape index (κ1) is 20.9. The Hall–Kier alpha value is -2.02. The van der Waals surface area contributed by atoms with Crippen LogP contribution >= 0.6 is 0 Å². The largest absolute Gasteiger partial charge is 0.466 e. The van der Waals surface area contributed by atoms with Gasteiger partial charge in [-0.3, -0.25) is 9.59 Å². The summed E-state index contributed by atoms with van der Waals surface area (Å²) in [5, 5.41) is 0. The molecule has 0 aromatic rings. The number of ketones is 1. The molecule has 0 aromatic heterocycles. The second-order valence-corrected chi connectivity index (χ2v) is 10.4. The van der Waals surface area contributed by atoms with Crippen LogP contribution in [0.5, 0.6) is 0 Å². The highest BCUT2D eigenvalue weighted by Crippen LogP contribution is 2.77. The van der Waals surface area contributed by atoms with Gasteiger partial charge in [-0.25, -0.2) is 9.18 Å². The molecule has 1 aliphatic heterocycles. The van der Waals surface area contributed by atoms with Crippen LogP contribution in [-0.2, 0) is 28.6 Å². The van der Waals surface area contributed by atoms with Crippen molar-refractivity contribution in [1.82, 2.24) is 0 Å². The highest BCUT2D eigenvalue weighted by Gasteiger charge is 2.84. The molecule has 1 heterocycles. The maximum Gasteiger partial charge on any atom is 0.351 e. The normalized spacial score (nSPS) is 51.6. The number of hydrogen-bond acceptors (Lipinski definition) is 6. The lowest BCUT2D eigenvalue weighted by Crippen LogP contribution is -2.64. The number of alkyl halides is 1. The molecular formula is C24H29FO6. The number of carbonyl (C=O) groups is 3. The van der Waals surface area contributed by atoms with Gasteiger partial charge >= 0.3 is 11.9 Å². The number of rotatable bonds is 2. The average molecular weight is 432 g/mol. The predicted molar refractivity (Wildman–Crippen MR) is 107 cm³/mol. The lowest BCUT2D eigenvalue weighted by atomic mass is 9.46. The van der Waals surface area contributed by atoms with Crippen LogP contribution in [0.2, 0.25) is 0 Å². The molecule has 9 atom stereocenters. The van der Waals surface area contributed by atoms with Gasteiger partial charge < -0.3 is 14.2 Å². The summed E-state index contributed by atoms with van der Waals surface area (Å²) in [6.07, 6.45) is 4.59. The fourth-order valence-corrected chi connectivity index (χ4v) is 8.03. The average Bonchev–Trinajstić information content (AvgIpc) is 3.38. The summed E-state index contributed by atoms with van der Waals surface area (Å²) in [6.45, 7) is 7.13. The Morgan fingerprint density at radius 1 is 1.23 bits per heavy atom. The van der Waals surface area contributed by atoms with E-state index in [2.05, 4.69) is 0 Å². The van der Waals surface area contributed by atoms with Crippen molar-refractivity contribution in [2.45, 2.75) is 70.4 Å². The van der Waals surface area contributed by atoms with Gasteiger partial charge in [0.2, 0.25) is 5.60 Å². The second kappa shape index (κ2) is 6.06. The number of halogens is 1. The van der Waals surface area contributed by atoms with Crippen LogP contribution in [-0.4, -0.2) is 48.3 Å². The van der Waals surface area contributed by atoms with Crippen LogP contribution in [0.1, 0.15) is 47.0 Å². The van der Waals surface area contributed by atoms with Crippen molar-refractivity contribution < 1.29 is 33.0 Å². The molecule has 5 rings (SSSR count). The van der Waals surface area contributed by atoms with Crippen molar-refractivity contribution in [1.29, 1.82) is 0 Å². The lowest BCUT2D eigenvalue weighted by Gasteiger charge is -2.56. The number of ether oxygens (including phenoxy) is 3. The summed E-state index contributed by atoms with van der Waals surface area (Å²) in [4.78, 5) is 37.2. The van der Waals surface area contributed by atoms with Crippen LogP contribution in [0.3, 0.4) is 0 Å². The van der Waals surface area contributed by atoms with E-state index >= 15 is 4.39 Å². The van der Waals surface area contributed by atoms with Gasteiger partial charge in [0.05, 0.1) is 13.2 Å². The Morgan fingerprint density at radius 2 is 1.94 bits per heavy atom. The van der Waals surface area contributed by atoms with Gasteiger partial charge in [-0.05, 0) is 55.7 Å². The molecule has 4 fully saturated rings. The Labute approximate surface area is 181 Å². The van der Waals surface area contributed by atoms with Crippen molar-refractivity contribution in [3.8, 4) is 0 Å². The molecule has 0 aromatic carbocycles. The number of methoxy groups -OCH3 is 1. The molecular weight excluding hydrogens is 403 g/mol. The molecule has 1 spiro atoms. The second-order valence-electron chi connectivity index (χ2n) is 10.4. The lowest BCUT2D eigenvalue weighted by molar-refractivity contribution is -0.205. The van der Waals surface area contributed by atoms with Crippen molar-refractivity contribution in [3.63, 3.8) is 0 Å². The molecule has 5 aliphatic rings. The molecule has 1 saturated heterocycles. The standard InChI is InChI=1S/C24H29FO6/c1-12-8-15-16-10-18(25)17-9-14(27)6-7-21(17,3)24(16)19(31-24)11-22(15,4)23(12,20(28)29-5)30-13(2)26/h6-7,9,12,15-16,18-19H,8,10-11H2,1-5H3/t12?,15-,16-,18?,19-,21-,22-,23-,24+/m0/s1. The van der Waals surface area contributed by atoms with Gasteiger partial charge in [-0.2, -0.15) is 0 Å². The maximum absolute atomic E-state index is 15.5. The van der Waals surface area contributed by atoms with Crippen molar-refractivity contribution in [2.24, 2.45) is 28.6 Å². The van der Waals surface area contributed by atoms with Gasteiger partial charge in [-0.1, -0.05) is 19.9 Å². The zero-order valence-corrected chi connectivity index (χ0v) is 18.6. The number of fused-ring (bicyclic) bond motifs is 3. The number of esters is 2. The van der Waals surface area contributed by atoms with E-state index in [0.29, 0.717) is 18.4 Å². The minimum Gasteiger partial charge on any atom is -0.466 e. The van der Waals surface area contributed by atoms with Gasteiger partial charge in [-0.15, -0.1) is 0 Å². The van der Waals surface area contributed by atoms with Crippen LogP contribution < -0.4 is 0 Å². The van der Waals surface area contributed by atoms with Crippen LogP contribution in [0, 0.1) is 28.6 Å². The van der Waals surface area contributed by atoms with E-state index in [1.54, 1.807) is 0 Å². The summed E-state index contributed by atoms with van der Waals surface area (Å²) >= 11 is 0. The smallest absolute Gasteiger partial charge is 0.351 e. The van der Waals surface area contributed by atoms with Gasteiger partial charge in [0.1, 0.15) is 11.8 Å². The van der Waals surface area contributed by atoms with E-state index in [0.717, 1.165) is 0 Å². The minimum absolute atomic E-state index is 0.0950. The van der Waals surface area contributed by atoms with E-state index in [-0.39, 0.29) is 36.1 Å². The SMILES string of the molecule is COC(=O)[C@@]1(OC(C)=O)C(C)C[C@H]2[C@@H]3CC(F)C4=CC(=O)C=C[C@]4(C)[C@@]34O[C@H]4C[C@@]21C. The van der Waals surface area contributed by atoms with Gasteiger partial charge in [0.15, 0.2) is 5.78 Å². The number of allylic oxidation sites excluding steroid dienone is 2. The van der Waals surface area contributed by atoms with E-state index in [4.69, 9.17) is 14.2 Å².